The van der Waals surface area contributed by atoms with Crippen LogP contribution in [-0.4, -0.2) is 19.2 Å². The van der Waals surface area contributed by atoms with Gasteiger partial charge in [-0.3, -0.25) is 9.59 Å². The highest BCUT2D eigenvalue weighted by molar-refractivity contribution is 5.69. The molecule has 0 aliphatic rings. The van der Waals surface area contributed by atoms with Gasteiger partial charge in [0.15, 0.2) is 0 Å². The van der Waals surface area contributed by atoms with E-state index in [4.69, 9.17) is 4.74 Å². The van der Waals surface area contributed by atoms with Crippen LogP contribution in [0.5, 0.6) is 0 Å². The van der Waals surface area contributed by atoms with Gasteiger partial charge in [0.1, 0.15) is 0 Å². The van der Waals surface area contributed by atoms with Crippen molar-refractivity contribution < 1.29 is 19.1 Å². The molecule has 0 amide bonds. The van der Waals surface area contributed by atoms with E-state index in [-0.39, 0.29) is 19.2 Å². The van der Waals surface area contributed by atoms with Crippen LogP contribution in [0.1, 0.15) is 122 Å². The van der Waals surface area contributed by atoms with Crippen molar-refractivity contribution in [3.63, 3.8) is 0 Å². The molecule has 0 saturated heterocycles. The average Bonchev–Trinajstić information content (AvgIpc) is 2.64. The molecule has 0 heterocycles. The predicted octanol–water partition coefficient (Wildman–Crippen LogP) is 6.70. The van der Waals surface area contributed by atoms with Crippen LogP contribution in [0.2, 0.25) is 0 Å². The van der Waals surface area contributed by atoms with Crippen LogP contribution in [0.4, 0.5) is 0 Å². The molecule has 0 spiro atoms. The summed E-state index contributed by atoms with van der Waals surface area (Å²) in [6.07, 6.45) is 23.0. The molecule has 4 heteroatoms. The van der Waals surface area contributed by atoms with Gasteiger partial charge in [0.25, 0.3) is 6.47 Å². The molecule has 0 saturated carbocycles. The van der Waals surface area contributed by atoms with Gasteiger partial charge >= 0.3 is 5.97 Å². The minimum Gasteiger partial charge on any atom is -0.430 e. The molecule has 4 nitrogen and oxygen atoms in total. The highest BCUT2D eigenvalue weighted by atomic mass is 16.7. The summed E-state index contributed by atoms with van der Waals surface area (Å²) in [6.45, 7) is 2.29. The third-order valence-corrected chi connectivity index (χ3v) is 4.84. The fourth-order valence-electron chi connectivity index (χ4n) is 3.19. The Morgan fingerprint density at radius 2 is 1.04 bits per heavy atom. The molecule has 0 aromatic heterocycles. The number of hydrogen-bond acceptors (Lipinski definition) is 4. The monoisotopic (exact) mass is 370 g/mol. The fraction of sp³-hybridized carbons (Fsp3) is 0.909. The van der Waals surface area contributed by atoms with Crippen molar-refractivity contribution in [3.8, 4) is 0 Å². The standard InChI is InChI=1S/C22H42O4/c1-2-3-4-5-6-7-8-9-10-11-12-13-14-15-16-17-18-19-22(24)26-21-25-20-23/h20H,2-19,21H2,1H3. The SMILES string of the molecule is CCCCCCCCCCCCCCCCCCCC(=O)OCOC=O. The van der Waals surface area contributed by atoms with Crippen molar-refractivity contribution in [1.82, 2.24) is 0 Å². The van der Waals surface area contributed by atoms with Crippen LogP contribution in [0.3, 0.4) is 0 Å². The zero-order valence-corrected chi connectivity index (χ0v) is 17.1. The van der Waals surface area contributed by atoms with Gasteiger partial charge in [0.05, 0.1) is 0 Å². The van der Waals surface area contributed by atoms with Gasteiger partial charge in [-0.15, -0.1) is 0 Å². The second-order valence-electron chi connectivity index (χ2n) is 7.30. The minimum absolute atomic E-state index is 0.263. The Balaban J connectivity index is 3.07. The minimum atomic E-state index is -0.284. The summed E-state index contributed by atoms with van der Waals surface area (Å²) in [5, 5.41) is 0. The number of rotatable bonds is 21. The normalized spacial score (nSPS) is 10.7. The predicted molar refractivity (Wildman–Crippen MR) is 107 cm³/mol. The summed E-state index contributed by atoms with van der Waals surface area (Å²) in [5.41, 5.74) is 0. The van der Waals surface area contributed by atoms with Crippen molar-refractivity contribution in [3.05, 3.63) is 0 Å². The second-order valence-corrected chi connectivity index (χ2v) is 7.30. The van der Waals surface area contributed by atoms with Gasteiger partial charge in [0, 0.05) is 6.42 Å². The Bertz CT molecular complexity index is 305. The molecule has 0 aromatic carbocycles. The van der Waals surface area contributed by atoms with E-state index in [0.29, 0.717) is 6.42 Å². The van der Waals surface area contributed by atoms with E-state index in [1.165, 1.54) is 96.3 Å². The molecule has 26 heavy (non-hydrogen) atoms. The number of carbonyl (C=O) groups excluding carboxylic acids is 2. The molecule has 0 unspecified atom stereocenters. The van der Waals surface area contributed by atoms with Crippen molar-refractivity contribution in [2.75, 3.05) is 6.79 Å². The molecule has 0 fully saturated rings. The second kappa shape index (κ2) is 22.0. The zero-order chi connectivity index (χ0) is 19.1. The topological polar surface area (TPSA) is 52.6 Å². The van der Waals surface area contributed by atoms with Crippen LogP contribution in [0, 0.1) is 0 Å². The summed E-state index contributed by atoms with van der Waals surface area (Å²) in [5.74, 6) is -0.284. The summed E-state index contributed by atoms with van der Waals surface area (Å²) < 4.78 is 9.04. The lowest BCUT2D eigenvalue weighted by Crippen LogP contribution is -2.07. The van der Waals surface area contributed by atoms with Crippen LogP contribution >= 0.6 is 0 Å². The van der Waals surface area contributed by atoms with Crippen molar-refractivity contribution in [2.24, 2.45) is 0 Å². The lowest BCUT2D eigenvalue weighted by atomic mass is 10.0. The maximum Gasteiger partial charge on any atom is 0.308 e. The highest BCUT2D eigenvalue weighted by Crippen LogP contribution is 2.14. The number of carbonyl (C=O) groups is 2. The Kier molecular flexibility index (Phi) is 21.1. The first-order chi connectivity index (χ1) is 12.8. The van der Waals surface area contributed by atoms with Crippen LogP contribution in [-0.2, 0) is 19.1 Å². The lowest BCUT2D eigenvalue weighted by molar-refractivity contribution is -0.160. The Labute approximate surface area is 161 Å². The Morgan fingerprint density at radius 3 is 1.42 bits per heavy atom. The van der Waals surface area contributed by atoms with Crippen LogP contribution in [0.25, 0.3) is 0 Å². The molecule has 0 rings (SSSR count). The quantitative estimate of drug-likeness (QED) is 0.0976. The van der Waals surface area contributed by atoms with Crippen LogP contribution in [0.15, 0.2) is 0 Å². The van der Waals surface area contributed by atoms with Gasteiger partial charge in [-0.25, -0.2) is 0 Å². The van der Waals surface area contributed by atoms with Gasteiger partial charge in [-0.05, 0) is 6.42 Å². The zero-order valence-electron chi connectivity index (χ0n) is 17.1. The third-order valence-electron chi connectivity index (χ3n) is 4.84. The lowest BCUT2D eigenvalue weighted by Gasteiger charge is -2.04. The maximum atomic E-state index is 11.3. The molecule has 0 aliphatic carbocycles. The maximum absolute atomic E-state index is 11.3. The largest absolute Gasteiger partial charge is 0.430 e. The summed E-state index contributed by atoms with van der Waals surface area (Å²) in [6, 6.07) is 0. The summed E-state index contributed by atoms with van der Waals surface area (Å²) in [7, 11) is 0. The first-order valence-electron chi connectivity index (χ1n) is 11.0. The van der Waals surface area contributed by atoms with E-state index in [2.05, 4.69) is 11.7 Å². The van der Waals surface area contributed by atoms with Gasteiger partial charge < -0.3 is 9.47 Å². The number of unbranched alkanes of at least 4 members (excludes halogenated alkanes) is 16. The first-order valence-corrected chi connectivity index (χ1v) is 11.0. The van der Waals surface area contributed by atoms with Crippen LogP contribution < -0.4 is 0 Å². The number of esters is 1. The van der Waals surface area contributed by atoms with E-state index < -0.39 is 0 Å². The van der Waals surface area contributed by atoms with E-state index in [1.54, 1.807) is 0 Å². The van der Waals surface area contributed by atoms with E-state index in [0.717, 1.165) is 12.8 Å². The van der Waals surface area contributed by atoms with Gasteiger partial charge in [-0.1, -0.05) is 110 Å². The molecule has 0 N–H and O–H groups in total. The van der Waals surface area contributed by atoms with Gasteiger partial charge in [-0.2, -0.15) is 0 Å². The molecule has 154 valence electrons. The van der Waals surface area contributed by atoms with Gasteiger partial charge in [0.2, 0.25) is 6.79 Å². The molecular formula is C22H42O4. The molecule has 0 atom stereocenters. The molecular weight excluding hydrogens is 328 g/mol. The summed E-state index contributed by atoms with van der Waals surface area (Å²) >= 11 is 0. The third kappa shape index (κ3) is 21.0. The molecule has 0 aromatic rings. The van der Waals surface area contributed by atoms with E-state index in [1.807, 2.05) is 0 Å². The summed E-state index contributed by atoms with van der Waals surface area (Å²) in [4.78, 5) is 21.2. The Hall–Kier alpha value is -1.06. The first kappa shape index (κ1) is 24.9. The highest BCUT2D eigenvalue weighted by Gasteiger charge is 2.02. The molecule has 0 radical (unpaired) electrons. The smallest absolute Gasteiger partial charge is 0.308 e. The molecule has 0 aliphatic heterocycles. The molecule has 0 bridgehead atoms. The average molecular weight is 371 g/mol. The number of ether oxygens (including phenoxy) is 2. The van der Waals surface area contributed by atoms with Crippen molar-refractivity contribution >= 4 is 12.4 Å². The van der Waals surface area contributed by atoms with Crippen molar-refractivity contribution in [1.29, 1.82) is 0 Å². The van der Waals surface area contributed by atoms with E-state index in [9.17, 15) is 9.59 Å². The fourth-order valence-corrected chi connectivity index (χ4v) is 3.19. The van der Waals surface area contributed by atoms with Crippen molar-refractivity contribution in [2.45, 2.75) is 122 Å². The Morgan fingerprint density at radius 1 is 0.654 bits per heavy atom. The van der Waals surface area contributed by atoms with E-state index >= 15 is 0 Å². The number of hydrogen-bond donors (Lipinski definition) is 0.